The smallest absolute Gasteiger partial charge is 0.246 e. The Morgan fingerprint density at radius 3 is 2.54 bits per heavy atom. The summed E-state index contributed by atoms with van der Waals surface area (Å²) in [5.74, 6) is 1.15. The highest BCUT2D eigenvalue weighted by Crippen LogP contribution is 2.22. The first-order valence-electron chi connectivity index (χ1n) is 9.59. The van der Waals surface area contributed by atoms with Crippen molar-refractivity contribution >= 4 is 5.91 Å². The van der Waals surface area contributed by atoms with Crippen LogP contribution in [-0.4, -0.2) is 24.0 Å². The summed E-state index contributed by atoms with van der Waals surface area (Å²) in [5.41, 5.74) is 4.12. The molecule has 0 aliphatic carbocycles. The van der Waals surface area contributed by atoms with E-state index in [9.17, 15) is 4.79 Å². The van der Waals surface area contributed by atoms with Crippen LogP contribution < -0.4 is 5.32 Å². The van der Waals surface area contributed by atoms with Gasteiger partial charge in [-0.25, -0.2) is 4.98 Å². The lowest BCUT2D eigenvalue weighted by Crippen LogP contribution is -2.29. The number of ether oxygens (including phenoxy) is 1. The molecule has 2 aromatic carbocycles. The maximum absolute atomic E-state index is 11.9. The number of benzene rings is 2. The maximum atomic E-state index is 11.9. The van der Waals surface area contributed by atoms with Crippen LogP contribution in [0.15, 0.2) is 59.0 Å². The van der Waals surface area contributed by atoms with Crippen LogP contribution in [0.25, 0.3) is 11.5 Å². The summed E-state index contributed by atoms with van der Waals surface area (Å²) in [4.78, 5) is 16.4. The molecular weight excluding hydrogens is 352 g/mol. The largest absolute Gasteiger partial charge is 0.441 e. The Morgan fingerprint density at radius 1 is 1.07 bits per heavy atom. The van der Waals surface area contributed by atoms with Gasteiger partial charge in [0.2, 0.25) is 11.8 Å². The zero-order valence-corrected chi connectivity index (χ0v) is 16.4. The van der Waals surface area contributed by atoms with E-state index in [1.165, 1.54) is 11.1 Å². The van der Waals surface area contributed by atoms with Crippen LogP contribution >= 0.6 is 0 Å². The minimum atomic E-state index is -0.132. The SMILES string of the molecule is CCc1ccc(-c2nc(COCC(=O)NCCc3ccccc3)c(C)o2)cc1. The number of oxazole rings is 1. The Hall–Kier alpha value is -2.92. The van der Waals surface area contributed by atoms with Crippen molar-refractivity contribution < 1.29 is 13.9 Å². The van der Waals surface area contributed by atoms with Crippen molar-refractivity contribution in [1.29, 1.82) is 0 Å². The normalized spacial score (nSPS) is 10.8. The van der Waals surface area contributed by atoms with Crippen molar-refractivity contribution in [3.63, 3.8) is 0 Å². The van der Waals surface area contributed by atoms with Gasteiger partial charge in [0.1, 0.15) is 18.1 Å². The van der Waals surface area contributed by atoms with E-state index in [1.807, 2.05) is 49.4 Å². The van der Waals surface area contributed by atoms with Gasteiger partial charge in [-0.15, -0.1) is 0 Å². The van der Waals surface area contributed by atoms with E-state index in [2.05, 4.69) is 29.4 Å². The summed E-state index contributed by atoms with van der Waals surface area (Å²) in [7, 11) is 0. The van der Waals surface area contributed by atoms with Gasteiger partial charge in [0.15, 0.2) is 0 Å². The van der Waals surface area contributed by atoms with E-state index in [0.717, 1.165) is 18.4 Å². The lowest BCUT2D eigenvalue weighted by Gasteiger charge is -2.06. The number of nitrogens with zero attached hydrogens (tertiary/aromatic N) is 1. The average Bonchev–Trinajstić information content (AvgIpc) is 3.09. The van der Waals surface area contributed by atoms with Crippen LogP contribution in [0.1, 0.15) is 29.5 Å². The molecule has 0 bridgehead atoms. The van der Waals surface area contributed by atoms with Gasteiger partial charge in [-0.1, -0.05) is 49.4 Å². The second-order valence-corrected chi connectivity index (χ2v) is 6.65. The van der Waals surface area contributed by atoms with E-state index in [-0.39, 0.29) is 19.1 Å². The highest BCUT2D eigenvalue weighted by molar-refractivity contribution is 5.77. The van der Waals surface area contributed by atoms with E-state index in [4.69, 9.17) is 9.15 Å². The molecule has 0 aliphatic rings. The van der Waals surface area contributed by atoms with Crippen LogP contribution in [0, 0.1) is 6.92 Å². The summed E-state index contributed by atoms with van der Waals surface area (Å²) in [5, 5.41) is 2.87. The third-order valence-electron chi connectivity index (χ3n) is 4.55. The molecule has 1 amide bonds. The summed E-state index contributed by atoms with van der Waals surface area (Å²) in [6, 6.07) is 18.2. The van der Waals surface area contributed by atoms with Crippen molar-refractivity contribution in [2.45, 2.75) is 33.3 Å². The predicted octanol–water partition coefficient (Wildman–Crippen LogP) is 4.09. The third kappa shape index (κ3) is 5.54. The number of rotatable bonds is 9. The molecule has 5 nitrogen and oxygen atoms in total. The molecule has 3 aromatic rings. The molecule has 0 atom stereocenters. The molecule has 146 valence electrons. The van der Waals surface area contributed by atoms with Gasteiger partial charge in [0.05, 0.1) is 6.61 Å². The fraction of sp³-hybridized carbons (Fsp3) is 0.304. The predicted molar refractivity (Wildman–Crippen MR) is 109 cm³/mol. The number of amides is 1. The van der Waals surface area contributed by atoms with Gasteiger partial charge >= 0.3 is 0 Å². The Kier molecular flexibility index (Phi) is 6.98. The van der Waals surface area contributed by atoms with Gasteiger partial charge in [-0.2, -0.15) is 0 Å². The summed E-state index contributed by atoms with van der Waals surface area (Å²) >= 11 is 0. The molecule has 0 radical (unpaired) electrons. The highest BCUT2D eigenvalue weighted by atomic mass is 16.5. The highest BCUT2D eigenvalue weighted by Gasteiger charge is 2.12. The zero-order chi connectivity index (χ0) is 19.8. The van der Waals surface area contributed by atoms with Gasteiger partial charge < -0.3 is 14.5 Å². The van der Waals surface area contributed by atoms with Gasteiger partial charge in [0, 0.05) is 12.1 Å². The minimum absolute atomic E-state index is 0.00161. The third-order valence-corrected chi connectivity index (χ3v) is 4.55. The number of carbonyl (C=O) groups excluding carboxylic acids is 1. The molecular formula is C23H26N2O3. The molecule has 0 saturated heterocycles. The summed E-state index contributed by atoms with van der Waals surface area (Å²) < 4.78 is 11.3. The fourth-order valence-electron chi connectivity index (χ4n) is 2.85. The summed E-state index contributed by atoms with van der Waals surface area (Å²) in [6.07, 6.45) is 1.80. The van der Waals surface area contributed by atoms with Crippen molar-refractivity contribution in [2.75, 3.05) is 13.2 Å². The van der Waals surface area contributed by atoms with Crippen molar-refractivity contribution in [2.24, 2.45) is 0 Å². The van der Waals surface area contributed by atoms with Gasteiger partial charge in [-0.05, 0) is 43.0 Å². The molecule has 1 aromatic heterocycles. The lowest BCUT2D eigenvalue weighted by molar-refractivity contribution is -0.126. The van der Waals surface area contributed by atoms with E-state index < -0.39 is 0 Å². The number of hydrogen-bond acceptors (Lipinski definition) is 4. The van der Waals surface area contributed by atoms with Crippen molar-refractivity contribution in [3.8, 4) is 11.5 Å². The first-order valence-corrected chi connectivity index (χ1v) is 9.59. The van der Waals surface area contributed by atoms with Crippen molar-refractivity contribution in [3.05, 3.63) is 77.2 Å². The molecule has 0 spiro atoms. The van der Waals surface area contributed by atoms with Crippen LogP contribution in [0.5, 0.6) is 0 Å². The van der Waals surface area contributed by atoms with E-state index in [0.29, 0.717) is 23.9 Å². The number of aromatic nitrogens is 1. The van der Waals surface area contributed by atoms with Crippen molar-refractivity contribution in [1.82, 2.24) is 10.3 Å². The van der Waals surface area contributed by atoms with Crippen LogP contribution in [-0.2, 0) is 29.0 Å². The zero-order valence-electron chi connectivity index (χ0n) is 16.4. The minimum Gasteiger partial charge on any atom is -0.441 e. The number of hydrogen-bond donors (Lipinski definition) is 1. The number of carbonyl (C=O) groups is 1. The van der Waals surface area contributed by atoms with Crippen LogP contribution in [0.3, 0.4) is 0 Å². The molecule has 5 heteroatoms. The second kappa shape index (κ2) is 9.85. The molecule has 3 rings (SSSR count). The fourth-order valence-corrected chi connectivity index (χ4v) is 2.85. The molecule has 0 aliphatic heterocycles. The molecule has 0 fully saturated rings. The number of aryl methyl sites for hydroxylation is 2. The quantitative estimate of drug-likeness (QED) is 0.609. The Balaban J connectivity index is 1.44. The first kappa shape index (κ1) is 19.8. The lowest BCUT2D eigenvalue weighted by atomic mass is 10.1. The van der Waals surface area contributed by atoms with Crippen LogP contribution in [0.2, 0.25) is 0 Å². The van der Waals surface area contributed by atoms with E-state index >= 15 is 0 Å². The Bertz CT molecular complexity index is 886. The molecule has 1 heterocycles. The summed E-state index contributed by atoms with van der Waals surface area (Å²) in [6.45, 7) is 4.82. The average molecular weight is 378 g/mol. The van der Waals surface area contributed by atoms with E-state index in [1.54, 1.807) is 0 Å². The maximum Gasteiger partial charge on any atom is 0.246 e. The Morgan fingerprint density at radius 2 is 1.82 bits per heavy atom. The Labute approximate surface area is 165 Å². The van der Waals surface area contributed by atoms with Crippen LogP contribution in [0.4, 0.5) is 0 Å². The topological polar surface area (TPSA) is 64.4 Å². The standard InChI is InChI=1S/C23H26N2O3/c1-3-18-9-11-20(12-10-18)23-25-21(17(2)28-23)15-27-16-22(26)24-14-13-19-7-5-4-6-8-19/h4-12H,3,13-16H2,1-2H3,(H,24,26). The monoisotopic (exact) mass is 378 g/mol. The van der Waals surface area contributed by atoms with Gasteiger partial charge in [-0.3, -0.25) is 4.79 Å². The molecule has 28 heavy (non-hydrogen) atoms. The first-order chi connectivity index (χ1) is 13.7. The second-order valence-electron chi connectivity index (χ2n) is 6.65. The number of nitrogens with one attached hydrogen (secondary N) is 1. The molecule has 0 unspecified atom stereocenters. The molecule has 1 N–H and O–H groups in total. The van der Waals surface area contributed by atoms with Gasteiger partial charge in [0.25, 0.3) is 0 Å². The molecule has 0 saturated carbocycles.